The Morgan fingerprint density at radius 2 is 1.95 bits per heavy atom. The van der Waals surface area contributed by atoms with Gasteiger partial charge in [0.25, 0.3) is 0 Å². The van der Waals surface area contributed by atoms with E-state index in [0.717, 1.165) is 32.6 Å². The predicted octanol–water partition coefficient (Wildman–Crippen LogP) is 0.859. The second kappa shape index (κ2) is 7.00. The van der Waals surface area contributed by atoms with Crippen molar-refractivity contribution in [2.75, 3.05) is 26.2 Å². The summed E-state index contributed by atoms with van der Waals surface area (Å²) in [6.07, 6.45) is 0.802. The molecule has 2 heterocycles. The first-order valence-corrected chi connectivity index (χ1v) is 7.46. The van der Waals surface area contributed by atoms with E-state index in [9.17, 15) is 4.79 Å². The van der Waals surface area contributed by atoms with Crippen LogP contribution in [-0.4, -0.2) is 63.2 Å². The number of aromatic nitrogens is 2. The Morgan fingerprint density at radius 3 is 2.52 bits per heavy atom. The average molecular weight is 296 g/mol. The van der Waals surface area contributed by atoms with Gasteiger partial charge in [-0.15, -0.1) is 0 Å². The van der Waals surface area contributed by atoms with Crippen LogP contribution in [0.5, 0.6) is 0 Å². The summed E-state index contributed by atoms with van der Waals surface area (Å²) in [4.78, 5) is 19.6. The molecule has 2 rings (SSSR count). The summed E-state index contributed by atoms with van der Waals surface area (Å²) in [5.74, 6) is 1.14. The molecule has 0 spiro atoms. The van der Waals surface area contributed by atoms with E-state index in [1.807, 2.05) is 4.90 Å². The third-order valence-corrected chi connectivity index (χ3v) is 3.77. The number of nitrogens with zero attached hydrogens (tertiary/aromatic N) is 4. The first-order valence-electron chi connectivity index (χ1n) is 7.46. The highest BCUT2D eigenvalue weighted by Gasteiger charge is 2.25. The minimum atomic E-state index is -0.764. The standard InChI is InChI=1S/C14H24N4O3/c1-10(2)8-13-15-12(16-21-13)9-17-4-6-18(7-5-17)11(3)14(19)20/h10-11H,4-9H2,1-3H3,(H,19,20). The molecule has 1 aromatic rings. The van der Waals surface area contributed by atoms with Crippen LogP contribution in [0.1, 0.15) is 32.5 Å². The van der Waals surface area contributed by atoms with Crippen molar-refractivity contribution < 1.29 is 14.4 Å². The number of carbonyl (C=O) groups is 1. The number of hydrogen-bond acceptors (Lipinski definition) is 6. The van der Waals surface area contributed by atoms with E-state index in [1.165, 1.54) is 0 Å². The molecule has 1 fully saturated rings. The normalized spacial score (nSPS) is 19.0. The van der Waals surface area contributed by atoms with Crippen molar-refractivity contribution in [3.05, 3.63) is 11.7 Å². The van der Waals surface area contributed by atoms with Crippen LogP contribution >= 0.6 is 0 Å². The molecule has 118 valence electrons. The number of carboxylic acids is 1. The lowest BCUT2D eigenvalue weighted by Gasteiger charge is -2.35. The fourth-order valence-corrected chi connectivity index (χ4v) is 2.45. The fourth-order valence-electron chi connectivity index (χ4n) is 2.45. The largest absolute Gasteiger partial charge is 0.480 e. The summed E-state index contributed by atoms with van der Waals surface area (Å²) in [6, 6.07) is -0.421. The molecule has 1 aliphatic heterocycles. The van der Waals surface area contributed by atoms with E-state index in [-0.39, 0.29) is 0 Å². The van der Waals surface area contributed by atoms with Gasteiger partial charge in [-0.3, -0.25) is 14.6 Å². The second-order valence-electron chi connectivity index (χ2n) is 6.03. The van der Waals surface area contributed by atoms with Crippen LogP contribution in [0, 0.1) is 5.92 Å². The molecule has 0 radical (unpaired) electrons. The zero-order valence-electron chi connectivity index (χ0n) is 12.9. The molecule has 0 aromatic carbocycles. The second-order valence-corrected chi connectivity index (χ2v) is 6.03. The topological polar surface area (TPSA) is 82.7 Å². The molecule has 0 saturated carbocycles. The summed E-state index contributed by atoms with van der Waals surface area (Å²) in [7, 11) is 0. The monoisotopic (exact) mass is 296 g/mol. The molecule has 1 unspecified atom stereocenters. The Bertz CT molecular complexity index is 467. The highest BCUT2D eigenvalue weighted by Crippen LogP contribution is 2.11. The van der Waals surface area contributed by atoms with Crippen LogP contribution in [0.25, 0.3) is 0 Å². The lowest BCUT2D eigenvalue weighted by Crippen LogP contribution is -2.51. The summed E-state index contributed by atoms with van der Waals surface area (Å²) in [5.41, 5.74) is 0. The van der Waals surface area contributed by atoms with Crippen LogP contribution in [0.4, 0.5) is 0 Å². The molecule has 21 heavy (non-hydrogen) atoms. The summed E-state index contributed by atoms with van der Waals surface area (Å²) in [6.45, 7) is 9.79. The van der Waals surface area contributed by atoms with Gasteiger partial charge in [0.1, 0.15) is 6.04 Å². The molecular formula is C14H24N4O3. The Kier molecular flexibility index (Phi) is 5.30. The molecular weight excluding hydrogens is 272 g/mol. The molecule has 0 aliphatic carbocycles. The Morgan fingerprint density at radius 1 is 1.29 bits per heavy atom. The van der Waals surface area contributed by atoms with Gasteiger partial charge < -0.3 is 9.63 Å². The quantitative estimate of drug-likeness (QED) is 0.833. The molecule has 0 bridgehead atoms. The van der Waals surface area contributed by atoms with Crippen molar-refractivity contribution in [1.82, 2.24) is 19.9 Å². The highest BCUT2D eigenvalue weighted by atomic mass is 16.5. The molecule has 1 aromatic heterocycles. The summed E-state index contributed by atoms with van der Waals surface area (Å²) >= 11 is 0. The average Bonchev–Trinajstić information content (AvgIpc) is 2.85. The van der Waals surface area contributed by atoms with E-state index in [2.05, 4.69) is 28.9 Å². The number of aliphatic carboxylic acids is 1. The van der Waals surface area contributed by atoms with Crippen LogP contribution < -0.4 is 0 Å². The summed E-state index contributed by atoms with van der Waals surface area (Å²) < 4.78 is 5.23. The Labute approximate surface area is 124 Å². The zero-order chi connectivity index (χ0) is 15.4. The van der Waals surface area contributed by atoms with Crippen molar-refractivity contribution in [3.63, 3.8) is 0 Å². The van der Waals surface area contributed by atoms with Crippen LogP contribution in [-0.2, 0) is 17.8 Å². The SMILES string of the molecule is CC(C)Cc1nc(CN2CCN(C(C)C(=O)O)CC2)no1. The number of hydrogen-bond donors (Lipinski definition) is 1. The van der Waals surface area contributed by atoms with E-state index < -0.39 is 12.0 Å². The third kappa shape index (κ3) is 4.50. The Balaban J connectivity index is 1.80. The van der Waals surface area contributed by atoms with Gasteiger partial charge in [-0.25, -0.2) is 0 Å². The maximum absolute atomic E-state index is 11.0. The molecule has 1 saturated heterocycles. The van der Waals surface area contributed by atoms with Gasteiger partial charge in [-0.2, -0.15) is 4.98 Å². The van der Waals surface area contributed by atoms with E-state index in [4.69, 9.17) is 9.63 Å². The van der Waals surface area contributed by atoms with E-state index >= 15 is 0 Å². The molecule has 7 nitrogen and oxygen atoms in total. The van der Waals surface area contributed by atoms with Gasteiger partial charge in [0.15, 0.2) is 5.82 Å². The first-order chi connectivity index (χ1) is 9.95. The summed E-state index contributed by atoms with van der Waals surface area (Å²) in [5, 5.41) is 13.0. The molecule has 1 N–H and O–H groups in total. The van der Waals surface area contributed by atoms with Crippen molar-refractivity contribution >= 4 is 5.97 Å². The van der Waals surface area contributed by atoms with Gasteiger partial charge in [-0.05, 0) is 12.8 Å². The van der Waals surface area contributed by atoms with Gasteiger partial charge >= 0.3 is 5.97 Å². The van der Waals surface area contributed by atoms with E-state index in [1.54, 1.807) is 6.92 Å². The van der Waals surface area contributed by atoms with Crippen molar-refractivity contribution in [2.24, 2.45) is 5.92 Å². The minimum absolute atomic E-state index is 0.421. The predicted molar refractivity (Wildman–Crippen MR) is 76.8 cm³/mol. The van der Waals surface area contributed by atoms with Crippen LogP contribution in [0.15, 0.2) is 4.52 Å². The zero-order valence-corrected chi connectivity index (χ0v) is 12.9. The number of carboxylic acid groups (broad SMARTS) is 1. The minimum Gasteiger partial charge on any atom is -0.480 e. The van der Waals surface area contributed by atoms with E-state index in [0.29, 0.717) is 24.2 Å². The molecule has 1 aliphatic rings. The number of piperazine rings is 1. The number of rotatable bonds is 6. The van der Waals surface area contributed by atoms with Gasteiger partial charge in [0, 0.05) is 32.6 Å². The fraction of sp³-hybridized carbons (Fsp3) is 0.786. The van der Waals surface area contributed by atoms with Crippen molar-refractivity contribution in [2.45, 2.75) is 39.8 Å². The lowest BCUT2D eigenvalue weighted by molar-refractivity contribution is -0.143. The highest BCUT2D eigenvalue weighted by molar-refractivity contribution is 5.72. The maximum atomic E-state index is 11.0. The first kappa shape index (κ1) is 15.9. The molecule has 0 amide bonds. The van der Waals surface area contributed by atoms with Crippen LogP contribution in [0.2, 0.25) is 0 Å². The smallest absolute Gasteiger partial charge is 0.320 e. The molecule has 1 atom stereocenters. The van der Waals surface area contributed by atoms with Gasteiger partial charge in [0.05, 0.1) is 6.54 Å². The van der Waals surface area contributed by atoms with Crippen LogP contribution in [0.3, 0.4) is 0 Å². The molecule has 7 heteroatoms. The van der Waals surface area contributed by atoms with Gasteiger partial charge in [0.2, 0.25) is 5.89 Å². The lowest BCUT2D eigenvalue weighted by atomic mass is 10.1. The van der Waals surface area contributed by atoms with Crippen molar-refractivity contribution in [3.8, 4) is 0 Å². The third-order valence-electron chi connectivity index (χ3n) is 3.77. The Hall–Kier alpha value is -1.47. The van der Waals surface area contributed by atoms with Gasteiger partial charge in [-0.1, -0.05) is 19.0 Å². The maximum Gasteiger partial charge on any atom is 0.320 e. The van der Waals surface area contributed by atoms with Crippen molar-refractivity contribution in [1.29, 1.82) is 0 Å².